The molecule has 7 heteroatoms. The quantitative estimate of drug-likeness (QED) is 0.666. The summed E-state index contributed by atoms with van der Waals surface area (Å²) in [5, 5.41) is 7.09. The normalized spacial score (nSPS) is 19.1. The van der Waals surface area contributed by atoms with Crippen LogP contribution in [0, 0.1) is 0 Å². The number of ether oxygens (including phenoxy) is 1. The van der Waals surface area contributed by atoms with Gasteiger partial charge in [-0.3, -0.25) is 4.79 Å². The van der Waals surface area contributed by atoms with Crippen LogP contribution >= 0.6 is 11.3 Å². The molecule has 136 valence electrons. The van der Waals surface area contributed by atoms with Crippen molar-refractivity contribution in [2.24, 2.45) is 5.10 Å². The van der Waals surface area contributed by atoms with Crippen molar-refractivity contribution in [2.45, 2.75) is 25.7 Å². The van der Waals surface area contributed by atoms with Crippen LogP contribution in [0.25, 0.3) is 0 Å². The van der Waals surface area contributed by atoms with Crippen molar-refractivity contribution in [1.82, 2.24) is 10.4 Å². The van der Waals surface area contributed by atoms with Crippen LogP contribution in [0.5, 0.6) is 0 Å². The Bertz CT molecular complexity index is 811. The zero-order chi connectivity index (χ0) is 17.8. The van der Waals surface area contributed by atoms with Gasteiger partial charge in [0.05, 0.1) is 18.9 Å². The van der Waals surface area contributed by atoms with Crippen LogP contribution in [0.2, 0.25) is 0 Å². The molecule has 1 aromatic carbocycles. The maximum atomic E-state index is 12.5. The molecule has 1 aromatic heterocycles. The van der Waals surface area contributed by atoms with E-state index >= 15 is 0 Å². The molecule has 0 radical (unpaired) electrons. The minimum absolute atomic E-state index is 0.255. The van der Waals surface area contributed by atoms with Crippen LogP contribution < -0.4 is 10.3 Å². The molecule has 0 unspecified atom stereocenters. The first-order valence-electron chi connectivity index (χ1n) is 9.04. The number of rotatable bonds is 3. The second-order valence-corrected chi connectivity index (χ2v) is 7.31. The summed E-state index contributed by atoms with van der Waals surface area (Å²) in [4.78, 5) is 19.1. The van der Waals surface area contributed by atoms with Crippen molar-refractivity contribution in [2.75, 3.05) is 31.2 Å². The van der Waals surface area contributed by atoms with Gasteiger partial charge in [-0.05, 0) is 31.2 Å². The topological polar surface area (TPSA) is 66.8 Å². The molecule has 0 saturated carbocycles. The summed E-state index contributed by atoms with van der Waals surface area (Å²) >= 11 is 1.49. The Morgan fingerprint density at radius 1 is 1.19 bits per heavy atom. The number of aromatic nitrogens is 1. The SMILES string of the molecule is O=C(NN=C1CCCCc2ccccc21)c1csc(N2CCOCC2)n1. The van der Waals surface area contributed by atoms with Gasteiger partial charge in [0, 0.05) is 24.0 Å². The molecular formula is C19H22N4O2S. The van der Waals surface area contributed by atoms with Gasteiger partial charge in [0.2, 0.25) is 0 Å². The lowest BCUT2D eigenvalue weighted by Gasteiger charge is -2.25. The molecular weight excluding hydrogens is 348 g/mol. The molecule has 1 saturated heterocycles. The van der Waals surface area contributed by atoms with Gasteiger partial charge in [-0.25, -0.2) is 10.4 Å². The lowest BCUT2D eigenvalue weighted by Crippen LogP contribution is -2.36. The summed E-state index contributed by atoms with van der Waals surface area (Å²) in [5.41, 5.74) is 6.53. The Morgan fingerprint density at radius 2 is 2.00 bits per heavy atom. The first-order valence-corrected chi connectivity index (χ1v) is 9.92. The van der Waals surface area contributed by atoms with Gasteiger partial charge in [-0.1, -0.05) is 24.3 Å². The fourth-order valence-electron chi connectivity index (χ4n) is 3.32. The van der Waals surface area contributed by atoms with Gasteiger partial charge in [-0.15, -0.1) is 11.3 Å². The van der Waals surface area contributed by atoms with Crippen LogP contribution in [0.3, 0.4) is 0 Å². The van der Waals surface area contributed by atoms with Gasteiger partial charge in [0.25, 0.3) is 5.91 Å². The number of hydrazone groups is 1. The predicted molar refractivity (Wildman–Crippen MR) is 103 cm³/mol. The first kappa shape index (κ1) is 17.2. The Balaban J connectivity index is 1.47. The van der Waals surface area contributed by atoms with Gasteiger partial charge in [0.15, 0.2) is 5.13 Å². The smallest absolute Gasteiger partial charge is 0.290 e. The average Bonchev–Trinajstić information content (AvgIpc) is 3.10. The van der Waals surface area contributed by atoms with Gasteiger partial charge in [-0.2, -0.15) is 5.10 Å². The second kappa shape index (κ2) is 7.97. The minimum Gasteiger partial charge on any atom is -0.378 e. The number of hydrogen-bond donors (Lipinski definition) is 1. The lowest BCUT2D eigenvalue weighted by molar-refractivity contribution is 0.0950. The van der Waals surface area contributed by atoms with Gasteiger partial charge >= 0.3 is 0 Å². The minimum atomic E-state index is -0.255. The third-order valence-corrected chi connectivity index (χ3v) is 5.64. The van der Waals surface area contributed by atoms with Crippen LogP contribution in [-0.4, -0.2) is 42.9 Å². The summed E-state index contributed by atoms with van der Waals surface area (Å²) in [6, 6.07) is 8.32. The number of carbonyl (C=O) groups is 1. The molecule has 0 spiro atoms. The molecule has 2 heterocycles. The number of nitrogens with one attached hydrogen (secondary N) is 1. The highest BCUT2D eigenvalue weighted by atomic mass is 32.1. The summed E-state index contributed by atoms with van der Waals surface area (Å²) < 4.78 is 5.36. The van der Waals surface area contributed by atoms with Crippen LogP contribution in [-0.2, 0) is 11.2 Å². The van der Waals surface area contributed by atoms with Crippen LogP contribution in [0.15, 0.2) is 34.7 Å². The van der Waals surface area contributed by atoms with Crippen molar-refractivity contribution in [3.63, 3.8) is 0 Å². The lowest BCUT2D eigenvalue weighted by atomic mass is 10.0. The number of amides is 1. The monoisotopic (exact) mass is 370 g/mol. The molecule has 1 fully saturated rings. The molecule has 4 rings (SSSR count). The highest BCUT2D eigenvalue weighted by Crippen LogP contribution is 2.22. The molecule has 1 aliphatic heterocycles. The molecule has 6 nitrogen and oxygen atoms in total. The van der Waals surface area contributed by atoms with E-state index in [4.69, 9.17) is 4.74 Å². The molecule has 1 amide bonds. The summed E-state index contributed by atoms with van der Waals surface area (Å²) in [7, 11) is 0. The third kappa shape index (κ3) is 3.78. The predicted octanol–water partition coefficient (Wildman–Crippen LogP) is 2.84. The first-order chi connectivity index (χ1) is 12.8. The zero-order valence-electron chi connectivity index (χ0n) is 14.6. The third-order valence-electron chi connectivity index (χ3n) is 4.74. The number of carbonyl (C=O) groups excluding carboxylic acids is 1. The Labute approximate surface area is 156 Å². The van der Waals surface area contributed by atoms with Crippen LogP contribution in [0.4, 0.5) is 5.13 Å². The highest BCUT2D eigenvalue weighted by Gasteiger charge is 2.18. The fourth-order valence-corrected chi connectivity index (χ4v) is 4.18. The molecule has 1 aliphatic carbocycles. The number of anilines is 1. The molecule has 1 N–H and O–H groups in total. The second-order valence-electron chi connectivity index (χ2n) is 6.48. The molecule has 2 aliphatic rings. The number of thiazole rings is 1. The standard InChI is InChI=1S/C19H22N4O2S/c24-18(17-13-26-19(20-17)23-9-11-25-12-10-23)22-21-16-8-4-2-6-14-5-1-3-7-15(14)16/h1,3,5,7,13H,2,4,6,8-12H2,(H,22,24). The Hall–Kier alpha value is -2.25. The highest BCUT2D eigenvalue weighted by molar-refractivity contribution is 7.13. The summed E-state index contributed by atoms with van der Waals surface area (Å²) in [6.07, 6.45) is 4.19. The van der Waals surface area contributed by atoms with Gasteiger partial charge in [0.1, 0.15) is 5.69 Å². The van der Waals surface area contributed by atoms with E-state index in [1.54, 1.807) is 5.38 Å². The van der Waals surface area contributed by atoms with Crippen LogP contribution in [0.1, 0.15) is 40.9 Å². The number of fused-ring (bicyclic) bond motifs is 1. The van der Waals surface area contributed by atoms with Crippen molar-refractivity contribution in [3.05, 3.63) is 46.5 Å². The molecule has 2 aromatic rings. The molecule has 0 bridgehead atoms. The van der Waals surface area contributed by atoms with Crippen molar-refractivity contribution >= 4 is 28.1 Å². The number of nitrogens with zero attached hydrogens (tertiary/aromatic N) is 3. The van der Waals surface area contributed by atoms with E-state index < -0.39 is 0 Å². The Morgan fingerprint density at radius 3 is 2.88 bits per heavy atom. The molecule has 0 atom stereocenters. The average molecular weight is 370 g/mol. The van der Waals surface area contributed by atoms with E-state index in [1.165, 1.54) is 16.9 Å². The fraction of sp³-hybridized carbons (Fsp3) is 0.421. The zero-order valence-corrected chi connectivity index (χ0v) is 15.4. The largest absolute Gasteiger partial charge is 0.378 e. The summed E-state index contributed by atoms with van der Waals surface area (Å²) in [5.74, 6) is -0.255. The molecule has 26 heavy (non-hydrogen) atoms. The van der Waals surface area contributed by atoms with Crippen molar-refractivity contribution in [3.8, 4) is 0 Å². The number of benzene rings is 1. The van der Waals surface area contributed by atoms with E-state index in [9.17, 15) is 4.79 Å². The van der Waals surface area contributed by atoms with E-state index in [1.807, 2.05) is 6.07 Å². The maximum absolute atomic E-state index is 12.5. The van der Waals surface area contributed by atoms with E-state index in [0.29, 0.717) is 18.9 Å². The number of morpholine rings is 1. The van der Waals surface area contributed by atoms with E-state index in [0.717, 1.165) is 55.2 Å². The van der Waals surface area contributed by atoms with Crippen molar-refractivity contribution < 1.29 is 9.53 Å². The number of hydrogen-bond acceptors (Lipinski definition) is 6. The van der Waals surface area contributed by atoms with Gasteiger partial charge < -0.3 is 9.64 Å². The Kier molecular flexibility index (Phi) is 5.26. The maximum Gasteiger partial charge on any atom is 0.290 e. The van der Waals surface area contributed by atoms with E-state index in [-0.39, 0.29) is 5.91 Å². The summed E-state index contributed by atoms with van der Waals surface area (Å²) in [6.45, 7) is 3.03. The van der Waals surface area contributed by atoms with E-state index in [2.05, 4.69) is 38.6 Å². The van der Waals surface area contributed by atoms with Crippen molar-refractivity contribution in [1.29, 1.82) is 0 Å². The number of aryl methyl sites for hydroxylation is 1.